The van der Waals surface area contributed by atoms with Crippen LogP contribution in [0.1, 0.15) is 37.5 Å². The van der Waals surface area contributed by atoms with E-state index in [1.807, 2.05) is 26.8 Å². The molecule has 0 fully saturated rings. The molecule has 2 aromatic carbocycles. The summed E-state index contributed by atoms with van der Waals surface area (Å²) in [6.07, 6.45) is 1.06. The van der Waals surface area contributed by atoms with Gasteiger partial charge in [0.2, 0.25) is 21.8 Å². The molecular formula is C25H33Cl2N3O4S. The molecule has 0 aliphatic carbocycles. The van der Waals surface area contributed by atoms with Crippen LogP contribution < -0.4 is 9.62 Å². The van der Waals surface area contributed by atoms with Gasteiger partial charge >= 0.3 is 0 Å². The van der Waals surface area contributed by atoms with E-state index in [4.69, 9.17) is 23.2 Å². The number of carbonyl (C=O) groups excluding carboxylic acids is 2. The fourth-order valence-corrected chi connectivity index (χ4v) is 4.78. The first-order chi connectivity index (χ1) is 16.2. The SMILES string of the molecule is Cc1ccc(N(CC(=O)N(Cc2ccc(Cl)c(Cl)c2)[C@H](C)C(=O)NCC(C)C)S(C)(=O)=O)c(C)c1. The Kier molecular flexibility index (Phi) is 10.0. The maximum atomic E-state index is 13.6. The molecule has 0 radical (unpaired) electrons. The van der Waals surface area contributed by atoms with E-state index in [1.165, 1.54) is 4.90 Å². The molecule has 10 heteroatoms. The Labute approximate surface area is 218 Å². The first kappa shape index (κ1) is 28.9. The molecule has 0 aromatic heterocycles. The van der Waals surface area contributed by atoms with E-state index in [9.17, 15) is 18.0 Å². The van der Waals surface area contributed by atoms with E-state index in [0.29, 0.717) is 27.8 Å². The summed E-state index contributed by atoms with van der Waals surface area (Å²) < 4.78 is 26.5. The molecule has 2 amide bonds. The Bertz CT molecular complexity index is 1190. The molecule has 2 rings (SSSR count). The van der Waals surface area contributed by atoms with Crippen molar-refractivity contribution in [3.8, 4) is 0 Å². The van der Waals surface area contributed by atoms with Crippen molar-refractivity contribution in [1.82, 2.24) is 10.2 Å². The van der Waals surface area contributed by atoms with E-state index < -0.39 is 28.5 Å². The maximum absolute atomic E-state index is 13.6. The highest BCUT2D eigenvalue weighted by Crippen LogP contribution is 2.26. The number of anilines is 1. The van der Waals surface area contributed by atoms with Gasteiger partial charge in [-0.3, -0.25) is 13.9 Å². The highest BCUT2D eigenvalue weighted by atomic mass is 35.5. The van der Waals surface area contributed by atoms with Crippen molar-refractivity contribution < 1.29 is 18.0 Å². The number of halogens is 2. The Morgan fingerprint density at radius 1 is 1.00 bits per heavy atom. The predicted octanol–water partition coefficient (Wildman–Crippen LogP) is 4.57. The van der Waals surface area contributed by atoms with Crippen molar-refractivity contribution in [2.75, 3.05) is 23.7 Å². The van der Waals surface area contributed by atoms with Crippen LogP contribution in [0, 0.1) is 19.8 Å². The minimum absolute atomic E-state index is 0.0521. The maximum Gasteiger partial charge on any atom is 0.244 e. The smallest absolute Gasteiger partial charge is 0.244 e. The van der Waals surface area contributed by atoms with Crippen molar-refractivity contribution in [3.63, 3.8) is 0 Å². The van der Waals surface area contributed by atoms with Crippen LogP contribution in [0.25, 0.3) is 0 Å². The van der Waals surface area contributed by atoms with Crippen LogP contribution in [-0.4, -0.2) is 50.5 Å². The molecule has 35 heavy (non-hydrogen) atoms. The number of nitrogens with one attached hydrogen (secondary N) is 1. The van der Waals surface area contributed by atoms with Gasteiger partial charge in [-0.15, -0.1) is 0 Å². The van der Waals surface area contributed by atoms with Crippen LogP contribution in [0.4, 0.5) is 5.69 Å². The Morgan fingerprint density at radius 3 is 2.20 bits per heavy atom. The van der Waals surface area contributed by atoms with Crippen LogP contribution in [0.3, 0.4) is 0 Å². The summed E-state index contributed by atoms with van der Waals surface area (Å²) in [6, 6.07) is 9.43. The first-order valence-corrected chi connectivity index (χ1v) is 13.9. The molecule has 0 saturated carbocycles. The number of sulfonamides is 1. The molecule has 0 saturated heterocycles. The molecule has 2 aromatic rings. The summed E-state index contributed by atoms with van der Waals surface area (Å²) in [5, 5.41) is 3.53. The summed E-state index contributed by atoms with van der Waals surface area (Å²) in [7, 11) is -3.79. The van der Waals surface area contributed by atoms with E-state index in [-0.39, 0.29) is 18.4 Å². The number of hydrogen-bond acceptors (Lipinski definition) is 4. The van der Waals surface area contributed by atoms with Gasteiger partial charge in [-0.1, -0.05) is 60.8 Å². The van der Waals surface area contributed by atoms with Gasteiger partial charge in [-0.25, -0.2) is 8.42 Å². The molecule has 192 valence electrons. The molecule has 0 spiro atoms. The van der Waals surface area contributed by atoms with E-state index in [1.54, 1.807) is 44.2 Å². The van der Waals surface area contributed by atoms with Gasteiger partial charge in [-0.05, 0) is 56.0 Å². The number of amides is 2. The monoisotopic (exact) mass is 541 g/mol. The first-order valence-electron chi connectivity index (χ1n) is 11.3. The summed E-state index contributed by atoms with van der Waals surface area (Å²) in [6.45, 7) is 9.31. The van der Waals surface area contributed by atoms with Gasteiger partial charge in [0.1, 0.15) is 12.6 Å². The van der Waals surface area contributed by atoms with Crippen LogP contribution in [0.15, 0.2) is 36.4 Å². The highest BCUT2D eigenvalue weighted by molar-refractivity contribution is 7.92. The van der Waals surface area contributed by atoms with E-state index in [2.05, 4.69) is 5.32 Å². The van der Waals surface area contributed by atoms with Crippen molar-refractivity contribution in [2.45, 2.75) is 47.2 Å². The topological polar surface area (TPSA) is 86.8 Å². The molecular weight excluding hydrogens is 509 g/mol. The second-order valence-corrected chi connectivity index (χ2v) is 11.9. The molecule has 0 unspecified atom stereocenters. The highest BCUT2D eigenvalue weighted by Gasteiger charge is 2.30. The molecule has 0 aliphatic rings. The number of benzene rings is 2. The quantitative estimate of drug-likeness (QED) is 0.477. The molecule has 1 atom stereocenters. The van der Waals surface area contributed by atoms with Crippen LogP contribution in [-0.2, 0) is 26.2 Å². The number of hydrogen-bond donors (Lipinski definition) is 1. The third-order valence-electron chi connectivity index (χ3n) is 5.49. The number of carbonyl (C=O) groups is 2. The van der Waals surface area contributed by atoms with Crippen molar-refractivity contribution in [2.24, 2.45) is 5.92 Å². The van der Waals surface area contributed by atoms with Crippen LogP contribution in [0.5, 0.6) is 0 Å². The van der Waals surface area contributed by atoms with Crippen LogP contribution in [0.2, 0.25) is 10.0 Å². The Balaban J connectivity index is 2.42. The molecule has 7 nitrogen and oxygen atoms in total. The lowest BCUT2D eigenvalue weighted by atomic mass is 10.1. The largest absolute Gasteiger partial charge is 0.354 e. The standard InChI is InChI=1S/C25H33Cl2N3O4S/c1-16(2)13-28-25(32)19(5)29(14-20-8-9-21(26)22(27)12-20)24(31)15-30(35(6,33)34)23-10-7-17(3)11-18(23)4/h7-12,16,19H,13-15H2,1-6H3,(H,28,32)/t19-/m1/s1. The summed E-state index contributed by atoms with van der Waals surface area (Å²) in [5.74, 6) is -0.617. The zero-order chi connectivity index (χ0) is 26.5. The molecule has 0 bridgehead atoms. The average Bonchev–Trinajstić information content (AvgIpc) is 2.75. The van der Waals surface area contributed by atoms with Crippen molar-refractivity contribution in [3.05, 3.63) is 63.1 Å². The third kappa shape index (κ3) is 8.12. The summed E-state index contributed by atoms with van der Waals surface area (Å²) in [4.78, 5) is 27.8. The lowest BCUT2D eigenvalue weighted by Crippen LogP contribution is -2.51. The number of aryl methyl sites for hydroxylation is 2. The van der Waals surface area contributed by atoms with Crippen molar-refractivity contribution >= 4 is 50.7 Å². The van der Waals surface area contributed by atoms with Gasteiger partial charge in [-0.2, -0.15) is 0 Å². The van der Waals surface area contributed by atoms with Crippen molar-refractivity contribution in [1.29, 1.82) is 0 Å². The lowest BCUT2D eigenvalue weighted by Gasteiger charge is -2.32. The molecule has 0 heterocycles. The minimum Gasteiger partial charge on any atom is -0.354 e. The Morgan fingerprint density at radius 2 is 1.66 bits per heavy atom. The molecule has 0 aliphatic heterocycles. The summed E-state index contributed by atoms with van der Waals surface area (Å²) >= 11 is 12.2. The average molecular weight is 543 g/mol. The van der Waals surface area contributed by atoms with Crippen LogP contribution >= 0.6 is 23.2 Å². The third-order valence-corrected chi connectivity index (χ3v) is 7.35. The normalized spacial score (nSPS) is 12.4. The fraction of sp³-hybridized carbons (Fsp3) is 0.440. The Hall–Kier alpha value is -2.29. The fourth-order valence-electron chi connectivity index (χ4n) is 3.55. The van der Waals surface area contributed by atoms with Gasteiger partial charge in [0.05, 0.1) is 22.0 Å². The van der Waals surface area contributed by atoms with Gasteiger partial charge < -0.3 is 10.2 Å². The second kappa shape index (κ2) is 12.1. The van der Waals surface area contributed by atoms with Gasteiger partial charge in [0, 0.05) is 13.1 Å². The zero-order valence-corrected chi connectivity index (χ0v) is 23.3. The zero-order valence-electron chi connectivity index (χ0n) is 20.9. The lowest BCUT2D eigenvalue weighted by molar-refractivity contribution is -0.139. The minimum atomic E-state index is -3.79. The molecule has 1 N–H and O–H groups in total. The van der Waals surface area contributed by atoms with E-state index in [0.717, 1.165) is 21.7 Å². The van der Waals surface area contributed by atoms with Gasteiger partial charge in [0.15, 0.2) is 0 Å². The van der Waals surface area contributed by atoms with Gasteiger partial charge in [0.25, 0.3) is 0 Å². The number of rotatable bonds is 10. The second-order valence-electron chi connectivity index (χ2n) is 9.14. The van der Waals surface area contributed by atoms with E-state index >= 15 is 0 Å². The summed E-state index contributed by atoms with van der Waals surface area (Å²) in [5.41, 5.74) is 2.77. The predicted molar refractivity (Wildman–Crippen MR) is 142 cm³/mol. The number of nitrogens with zero attached hydrogens (tertiary/aromatic N) is 2.